The third kappa shape index (κ3) is 3.41. The molecule has 1 aromatic heterocycles. The van der Waals surface area contributed by atoms with E-state index < -0.39 is 0 Å². The Morgan fingerprint density at radius 3 is 3.00 bits per heavy atom. The molecule has 0 amide bonds. The first-order valence-corrected chi connectivity index (χ1v) is 7.09. The summed E-state index contributed by atoms with van der Waals surface area (Å²) in [5, 5.41) is 7.50. The smallest absolute Gasteiger partial charge is 0.287 e. The Kier molecular flexibility index (Phi) is 4.83. The molecule has 6 heteroatoms. The van der Waals surface area contributed by atoms with E-state index in [0.717, 1.165) is 19.6 Å². The second-order valence-corrected chi connectivity index (χ2v) is 5.62. The molecule has 1 saturated carbocycles. The van der Waals surface area contributed by atoms with E-state index >= 15 is 0 Å². The maximum atomic E-state index is 12.0. The predicted molar refractivity (Wildman–Crippen MR) is 80.4 cm³/mol. The van der Waals surface area contributed by atoms with Gasteiger partial charge in [-0.2, -0.15) is 5.10 Å². The molecule has 0 bridgehead atoms. The lowest BCUT2D eigenvalue weighted by molar-refractivity contribution is 0.175. The van der Waals surface area contributed by atoms with Crippen molar-refractivity contribution in [2.45, 2.75) is 25.8 Å². The average molecular weight is 298 g/mol. The predicted octanol–water partition coefficient (Wildman–Crippen LogP) is 2.31. The molecule has 5 nitrogen and oxygen atoms in total. The average Bonchev–Trinajstić information content (AvgIpc) is 3.22. The van der Waals surface area contributed by atoms with Gasteiger partial charge in [-0.25, -0.2) is 4.68 Å². The number of nitrogens with one attached hydrogen (secondary N) is 1. The molecule has 1 aliphatic carbocycles. The SMILES string of the molecule is C=CCn1ncc(NCC2(CCOC)CC2)c(Cl)c1=O. The first-order valence-electron chi connectivity index (χ1n) is 6.71. The number of hydrogen-bond acceptors (Lipinski definition) is 4. The van der Waals surface area contributed by atoms with E-state index in [0.29, 0.717) is 12.2 Å². The van der Waals surface area contributed by atoms with Gasteiger partial charge in [-0.05, 0) is 24.7 Å². The van der Waals surface area contributed by atoms with Crippen molar-refractivity contribution in [3.8, 4) is 0 Å². The fourth-order valence-electron chi connectivity index (χ4n) is 2.13. The summed E-state index contributed by atoms with van der Waals surface area (Å²) in [5.74, 6) is 0. The highest BCUT2D eigenvalue weighted by molar-refractivity contribution is 6.32. The fourth-order valence-corrected chi connectivity index (χ4v) is 2.35. The molecule has 2 rings (SSSR count). The first-order chi connectivity index (χ1) is 9.62. The summed E-state index contributed by atoms with van der Waals surface area (Å²) in [6, 6.07) is 0. The molecule has 0 radical (unpaired) electrons. The number of methoxy groups -OCH3 is 1. The molecule has 0 unspecified atom stereocenters. The third-order valence-corrected chi connectivity index (χ3v) is 4.10. The van der Waals surface area contributed by atoms with Crippen LogP contribution in [0.2, 0.25) is 5.02 Å². The minimum Gasteiger partial charge on any atom is -0.385 e. The van der Waals surface area contributed by atoms with Crippen molar-refractivity contribution in [1.29, 1.82) is 0 Å². The Hall–Kier alpha value is -1.33. The number of halogens is 1. The van der Waals surface area contributed by atoms with E-state index in [-0.39, 0.29) is 16.0 Å². The van der Waals surface area contributed by atoms with Gasteiger partial charge in [0.15, 0.2) is 0 Å². The van der Waals surface area contributed by atoms with E-state index in [1.807, 2.05) is 0 Å². The summed E-state index contributed by atoms with van der Waals surface area (Å²) in [4.78, 5) is 12.0. The van der Waals surface area contributed by atoms with Gasteiger partial charge in [0.25, 0.3) is 5.56 Å². The Morgan fingerprint density at radius 2 is 2.40 bits per heavy atom. The fraction of sp³-hybridized carbons (Fsp3) is 0.571. The van der Waals surface area contributed by atoms with Crippen molar-refractivity contribution in [2.24, 2.45) is 5.41 Å². The van der Waals surface area contributed by atoms with Gasteiger partial charge >= 0.3 is 0 Å². The molecule has 0 aliphatic heterocycles. The van der Waals surface area contributed by atoms with Gasteiger partial charge in [0.2, 0.25) is 0 Å². The summed E-state index contributed by atoms with van der Waals surface area (Å²) in [7, 11) is 1.71. The van der Waals surface area contributed by atoms with Crippen LogP contribution in [0.1, 0.15) is 19.3 Å². The summed E-state index contributed by atoms with van der Waals surface area (Å²) < 4.78 is 6.42. The van der Waals surface area contributed by atoms with Crippen molar-refractivity contribution in [3.05, 3.63) is 34.2 Å². The highest BCUT2D eigenvalue weighted by Gasteiger charge is 2.41. The van der Waals surface area contributed by atoms with E-state index in [4.69, 9.17) is 16.3 Å². The second kappa shape index (κ2) is 6.41. The van der Waals surface area contributed by atoms with Crippen LogP contribution < -0.4 is 10.9 Å². The van der Waals surface area contributed by atoms with Crippen LogP contribution in [-0.4, -0.2) is 30.0 Å². The molecule has 1 fully saturated rings. The van der Waals surface area contributed by atoms with E-state index in [1.165, 1.54) is 17.5 Å². The molecule has 0 aromatic carbocycles. The van der Waals surface area contributed by atoms with E-state index in [9.17, 15) is 4.79 Å². The number of ether oxygens (including phenoxy) is 1. The monoisotopic (exact) mass is 297 g/mol. The van der Waals surface area contributed by atoms with Crippen LogP contribution in [0, 0.1) is 5.41 Å². The van der Waals surface area contributed by atoms with Gasteiger partial charge in [-0.15, -0.1) is 6.58 Å². The van der Waals surface area contributed by atoms with Gasteiger partial charge in [-0.3, -0.25) is 4.79 Å². The van der Waals surface area contributed by atoms with Crippen LogP contribution in [0.15, 0.2) is 23.6 Å². The van der Waals surface area contributed by atoms with Crippen LogP contribution in [0.4, 0.5) is 5.69 Å². The zero-order valence-corrected chi connectivity index (χ0v) is 12.4. The van der Waals surface area contributed by atoms with Crippen molar-refractivity contribution in [3.63, 3.8) is 0 Å². The van der Waals surface area contributed by atoms with Crippen LogP contribution in [0.3, 0.4) is 0 Å². The zero-order valence-electron chi connectivity index (χ0n) is 11.7. The molecule has 1 heterocycles. The first kappa shape index (κ1) is 15.1. The molecule has 1 N–H and O–H groups in total. The zero-order chi connectivity index (χ0) is 14.6. The summed E-state index contributed by atoms with van der Waals surface area (Å²) in [5.41, 5.74) is 0.592. The maximum absolute atomic E-state index is 12.0. The van der Waals surface area contributed by atoms with Gasteiger partial charge in [-0.1, -0.05) is 17.7 Å². The third-order valence-electron chi connectivity index (χ3n) is 3.73. The second-order valence-electron chi connectivity index (χ2n) is 5.24. The molecular weight excluding hydrogens is 278 g/mol. The quantitative estimate of drug-likeness (QED) is 0.748. The van der Waals surface area contributed by atoms with E-state index in [1.54, 1.807) is 19.4 Å². The number of allylic oxidation sites excluding steroid dienone is 1. The number of anilines is 1. The Morgan fingerprint density at radius 1 is 1.65 bits per heavy atom. The topological polar surface area (TPSA) is 56.1 Å². The lowest BCUT2D eigenvalue weighted by Crippen LogP contribution is -2.25. The van der Waals surface area contributed by atoms with Crippen LogP contribution in [0.25, 0.3) is 0 Å². The Bertz CT molecular complexity index is 538. The molecule has 0 saturated heterocycles. The van der Waals surface area contributed by atoms with E-state index in [2.05, 4.69) is 17.0 Å². The van der Waals surface area contributed by atoms with Crippen LogP contribution in [0.5, 0.6) is 0 Å². The Balaban J connectivity index is 2.02. The van der Waals surface area contributed by atoms with Gasteiger partial charge in [0.1, 0.15) is 5.02 Å². The lowest BCUT2D eigenvalue weighted by Gasteiger charge is -2.17. The normalized spacial score (nSPS) is 15.9. The van der Waals surface area contributed by atoms with Gasteiger partial charge in [0, 0.05) is 20.3 Å². The molecule has 110 valence electrons. The van der Waals surface area contributed by atoms with Crippen molar-refractivity contribution in [1.82, 2.24) is 9.78 Å². The van der Waals surface area contributed by atoms with Crippen LogP contribution >= 0.6 is 11.6 Å². The Labute approximate surface area is 123 Å². The van der Waals surface area contributed by atoms with Gasteiger partial charge in [0.05, 0.1) is 18.4 Å². The molecule has 1 aromatic rings. The standard InChI is InChI=1S/C14H20ClN3O2/c1-3-7-18-13(19)12(15)11(9-17-18)16-10-14(4-5-14)6-8-20-2/h3,9,16H,1,4-8,10H2,2H3. The molecule has 0 spiro atoms. The molecule has 1 aliphatic rings. The minimum absolute atomic E-state index is 0.185. The highest BCUT2D eigenvalue weighted by atomic mass is 35.5. The molecule has 20 heavy (non-hydrogen) atoms. The largest absolute Gasteiger partial charge is 0.385 e. The van der Waals surface area contributed by atoms with Crippen molar-refractivity contribution in [2.75, 3.05) is 25.6 Å². The highest BCUT2D eigenvalue weighted by Crippen LogP contribution is 2.48. The maximum Gasteiger partial charge on any atom is 0.287 e. The van der Waals surface area contributed by atoms with Crippen molar-refractivity contribution >= 4 is 17.3 Å². The summed E-state index contributed by atoms with van der Waals surface area (Å²) >= 11 is 6.09. The number of hydrogen-bond donors (Lipinski definition) is 1. The van der Waals surface area contributed by atoms with Gasteiger partial charge < -0.3 is 10.1 Å². The minimum atomic E-state index is -0.293. The molecular formula is C14H20ClN3O2. The number of aromatic nitrogens is 2. The summed E-state index contributed by atoms with van der Waals surface area (Å²) in [6.45, 7) is 5.49. The summed E-state index contributed by atoms with van der Waals surface area (Å²) in [6.07, 6.45) is 6.60. The number of rotatable bonds is 8. The van der Waals surface area contributed by atoms with Crippen LogP contribution in [-0.2, 0) is 11.3 Å². The van der Waals surface area contributed by atoms with Crippen molar-refractivity contribution < 1.29 is 4.74 Å². The number of nitrogens with zero attached hydrogens (tertiary/aromatic N) is 2. The lowest BCUT2D eigenvalue weighted by atomic mass is 10.0. The molecule has 0 atom stereocenters.